The van der Waals surface area contributed by atoms with Crippen molar-refractivity contribution in [3.8, 4) is 69.0 Å². The summed E-state index contributed by atoms with van der Waals surface area (Å²) in [6.45, 7) is 30.4. The highest BCUT2D eigenvalue weighted by atomic mass is 35.5. The molecule has 3 fully saturated rings. The van der Waals surface area contributed by atoms with Gasteiger partial charge in [0.1, 0.15) is 51.8 Å². The first-order valence-corrected chi connectivity index (χ1v) is 44.3. The lowest BCUT2D eigenvalue weighted by Crippen LogP contribution is -2.49. The van der Waals surface area contributed by atoms with E-state index in [2.05, 4.69) is 61.8 Å². The van der Waals surface area contributed by atoms with Crippen molar-refractivity contribution in [1.82, 2.24) is 58.3 Å². The molecule has 3 aliphatic rings. The summed E-state index contributed by atoms with van der Waals surface area (Å²) in [6, 6.07) is 15.4. The number of aromatic nitrogens is 9. The van der Waals surface area contributed by atoms with E-state index in [0.717, 1.165) is 0 Å². The van der Waals surface area contributed by atoms with Crippen molar-refractivity contribution in [2.24, 2.45) is 0 Å². The number of pyridine rings is 9. The first-order valence-electron chi connectivity index (χ1n) is 41.3. The van der Waals surface area contributed by atoms with E-state index in [0.29, 0.717) is 50.8 Å². The van der Waals surface area contributed by atoms with Crippen molar-refractivity contribution in [3.63, 3.8) is 0 Å². The Balaban J connectivity index is 0.000000171. The number of nitriles is 3. The van der Waals surface area contributed by atoms with Crippen LogP contribution in [0.3, 0.4) is 0 Å². The zero-order valence-electron chi connectivity index (χ0n) is 73.2. The predicted octanol–water partition coefficient (Wildman–Crippen LogP) is 18.7. The monoisotopic (exact) mass is 2000 g/mol. The van der Waals surface area contributed by atoms with Crippen LogP contribution in [0.2, 0.25) is 40.2 Å². The van der Waals surface area contributed by atoms with Gasteiger partial charge in [-0.1, -0.05) is 154 Å². The molecule has 12 aromatic rings. The van der Waals surface area contributed by atoms with Gasteiger partial charge >= 0.3 is 0 Å². The van der Waals surface area contributed by atoms with Crippen LogP contribution >= 0.6 is 92.8 Å². The number of halogens is 15. The number of nitrogens with zero attached hydrogens (tertiary/aromatic N) is 18. The van der Waals surface area contributed by atoms with E-state index in [-0.39, 0.29) is 207 Å². The molecule has 0 aliphatic carbocycles. The maximum absolute atomic E-state index is 15.6. The molecule has 12 heterocycles. The minimum Gasteiger partial charge on any atom is -0.395 e. The summed E-state index contributed by atoms with van der Waals surface area (Å²) in [6.07, 6.45) is 8.42. The van der Waals surface area contributed by atoms with Gasteiger partial charge in [0.25, 0.3) is 16.7 Å². The van der Waals surface area contributed by atoms with Gasteiger partial charge < -0.3 is 46.6 Å². The third kappa shape index (κ3) is 17.7. The fourth-order valence-electron chi connectivity index (χ4n) is 16.5. The van der Waals surface area contributed by atoms with Gasteiger partial charge in [-0.25, -0.2) is 45.7 Å². The van der Waals surface area contributed by atoms with Crippen LogP contribution in [0.15, 0.2) is 107 Å². The number of rotatable bonds is 15. The molecule has 3 amide bonds. The van der Waals surface area contributed by atoms with Crippen molar-refractivity contribution in [3.05, 3.63) is 255 Å². The summed E-state index contributed by atoms with van der Waals surface area (Å²) < 4.78 is 110. The second-order valence-corrected chi connectivity index (χ2v) is 35.3. The second-order valence-electron chi connectivity index (χ2n) is 32.2. The van der Waals surface area contributed by atoms with Crippen LogP contribution in [-0.4, -0.2) is 155 Å². The summed E-state index contributed by atoms with van der Waals surface area (Å²) in [5.41, 5.74) is 14.0. The van der Waals surface area contributed by atoms with E-state index in [1.807, 2.05) is 47.6 Å². The molecule has 696 valence electrons. The van der Waals surface area contributed by atoms with Crippen LogP contribution in [0.25, 0.3) is 83.9 Å². The first kappa shape index (κ1) is 99.4. The van der Waals surface area contributed by atoms with Crippen molar-refractivity contribution >= 4 is 178 Å². The summed E-state index contributed by atoms with van der Waals surface area (Å²) in [4.78, 5) is 117. The molecule has 0 bridgehead atoms. The maximum Gasteiger partial charge on any atom is 0.276 e. The van der Waals surface area contributed by atoms with E-state index >= 15 is 22.0 Å². The molecule has 9 aromatic heterocycles. The van der Waals surface area contributed by atoms with E-state index in [1.54, 1.807) is 87.0 Å². The normalized spacial score (nSPS) is 13.4. The molecular weight excluding hydrogens is 1920 g/mol. The quantitative estimate of drug-likeness (QED) is 0.0282. The predicted molar refractivity (Wildman–Crippen MR) is 512 cm³/mol. The number of anilines is 6. The fraction of sp³-hybridized carbons (Fsp3) is 0.258. The average Bonchev–Trinajstić information content (AvgIpc) is 0.728. The van der Waals surface area contributed by atoms with E-state index in [4.69, 9.17) is 110 Å². The van der Waals surface area contributed by atoms with Gasteiger partial charge in [-0.2, -0.15) is 15.8 Å². The molecule has 3 aliphatic heterocycles. The van der Waals surface area contributed by atoms with Gasteiger partial charge in [-0.05, 0) is 110 Å². The number of hydrogen-bond donors (Lipinski definition) is 3. The molecule has 42 heteroatoms. The molecule has 0 saturated carbocycles. The number of hydrogen-bond acceptors (Lipinski definition) is 21. The Morgan fingerprint density at radius 2 is 0.637 bits per heavy atom. The SMILES string of the molecule is C=CC(=O)N1CCN(c2c(C#N)c(=O)n(-c3c(C)ccnc3C(C)C)c3nc(-c4c(F)c(F)c(F)c(N)c4Cl)c(Cl)cc23)CC1.C=CC(=O)N1CCN(c2c(C#N)c(=O)n(-c3c(C)ccnc3C(C)C)c3nc(-c4c(F)c(N)c(Cl)c(Cl)c4F)c(Cl)cc23)CC1.C=CC(=O)N1CCN(c2c(C#N)c(=O)n(-c3c(C)ccnc3C(C)C)c3nc(-c4c(F)c(N)c(Cl)c(Cl)c4F)c(Cl)cc23)CC1. The lowest BCUT2D eigenvalue weighted by Gasteiger charge is -2.36. The summed E-state index contributed by atoms with van der Waals surface area (Å²) >= 11 is 50.3. The van der Waals surface area contributed by atoms with E-state index in [1.165, 1.54) is 50.1 Å². The number of amides is 3. The highest BCUT2D eigenvalue weighted by Gasteiger charge is 2.38. The molecule has 135 heavy (non-hydrogen) atoms. The van der Waals surface area contributed by atoms with Crippen molar-refractivity contribution in [2.75, 3.05) is 110 Å². The van der Waals surface area contributed by atoms with Crippen LogP contribution in [0.4, 0.5) is 64.9 Å². The standard InChI is InChI=1S/2C31H26Cl3F2N7O2.C31H26Cl2F3N7O2/c2*1-5-19(44)41-8-10-42(11-9-41)29-16-12-18(32)27(20-23(35)21(33)22(34)25(38)24(20)36)40-30(16)43(31(45)17(29)13-37)28-15(4)6-7-39-26(28)14(2)3;1-5-19(44)41-8-10-42(11-9-41)29-16-12-18(32)27(20-21(33)25(38)24(36)23(35)22(20)34)40-30(16)43(31(45)17(29)13-37)28-15(4)6-7-39-26(28)14(2)3/h3*5-7,12,14H,1,8-11,38H2,2-4H3. The molecule has 15 rings (SSSR count). The molecule has 6 N–H and O–H groups in total. The van der Waals surface area contributed by atoms with E-state index < -0.39 is 122 Å². The van der Waals surface area contributed by atoms with Gasteiger partial charge in [0.2, 0.25) is 17.7 Å². The van der Waals surface area contributed by atoms with Gasteiger partial charge in [-0.15, -0.1) is 0 Å². The van der Waals surface area contributed by atoms with Crippen molar-refractivity contribution in [1.29, 1.82) is 15.8 Å². The Morgan fingerprint density at radius 1 is 0.378 bits per heavy atom. The third-order valence-electron chi connectivity index (χ3n) is 23.2. The molecule has 0 unspecified atom stereocenters. The molecule has 3 aromatic carbocycles. The molecule has 3 saturated heterocycles. The van der Waals surface area contributed by atoms with Gasteiger partial charge in [0.05, 0.1) is 142 Å². The Bertz CT molecular complexity index is 6650. The average molecular weight is 2000 g/mol. The van der Waals surface area contributed by atoms with E-state index in [9.17, 15) is 53.3 Å². The largest absolute Gasteiger partial charge is 0.395 e. The number of fused-ring (bicyclic) bond motifs is 3. The maximum atomic E-state index is 15.6. The van der Waals surface area contributed by atoms with Crippen LogP contribution < -0.4 is 48.6 Å². The highest BCUT2D eigenvalue weighted by molar-refractivity contribution is 6.45. The number of nitrogen functional groups attached to an aromatic ring is 3. The highest BCUT2D eigenvalue weighted by Crippen LogP contribution is 2.49. The molecule has 0 radical (unpaired) electrons. The number of piperazine rings is 3. The Labute approximate surface area is 806 Å². The molecular formula is C93H78Cl8F7N21O6. The van der Waals surface area contributed by atoms with Gasteiger partial charge in [-0.3, -0.25) is 57.4 Å². The number of carbonyl (C=O) groups excluding carboxylic acids is 3. The number of aryl methyl sites for hydroxylation is 3. The Morgan fingerprint density at radius 3 is 0.889 bits per heavy atom. The Hall–Kier alpha value is -13.1. The van der Waals surface area contributed by atoms with Crippen molar-refractivity contribution in [2.45, 2.75) is 80.1 Å². The zero-order valence-corrected chi connectivity index (χ0v) is 79.2. The molecule has 0 atom stereocenters. The summed E-state index contributed by atoms with van der Waals surface area (Å²) in [5.74, 6) is -11.5. The first-order chi connectivity index (χ1) is 64.0. The minimum atomic E-state index is -1.88. The van der Waals surface area contributed by atoms with Crippen LogP contribution in [-0.2, 0) is 14.4 Å². The third-order valence-corrected chi connectivity index (χ3v) is 26.1. The number of carbonyl (C=O) groups is 3. The van der Waals surface area contributed by atoms with Crippen LogP contribution in [0.5, 0.6) is 0 Å². The van der Waals surface area contributed by atoms with Gasteiger partial charge in [0, 0.05) is 113 Å². The minimum absolute atomic E-state index is 0.0422. The Kier molecular flexibility index (Phi) is 29.3. The second kappa shape index (κ2) is 39.8. The van der Waals surface area contributed by atoms with Crippen molar-refractivity contribution < 1.29 is 45.1 Å². The summed E-state index contributed by atoms with van der Waals surface area (Å²) in [7, 11) is 0. The number of benzene rings is 3. The van der Waals surface area contributed by atoms with Gasteiger partial charge in [0.15, 0.2) is 40.7 Å². The number of nitrogens with two attached hydrogens (primary N) is 3. The smallest absolute Gasteiger partial charge is 0.276 e. The lowest BCUT2D eigenvalue weighted by atomic mass is 10.0. The summed E-state index contributed by atoms with van der Waals surface area (Å²) in [5, 5.41) is 28.3. The fourth-order valence-corrected chi connectivity index (χ4v) is 18.2. The van der Waals surface area contributed by atoms with Crippen LogP contribution in [0.1, 0.15) is 110 Å². The molecule has 27 nitrogen and oxygen atoms in total. The van der Waals surface area contributed by atoms with Crippen LogP contribution in [0, 0.1) is 95.5 Å². The lowest BCUT2D eigenvalue weighted by molar-refractivity contribution is -0.127. The topological polar surface area (TPSA) is 363 Å². The molecule has 0 spiro atoms. The zero-order chi connectivity index (χ0) is 98.7.